The molecule has 0 unspecified atom stereocenters. The smallest absolute Gasteiger partial charge is 0.289 e. The first kappa shape index (κ1) is 20.4. The molecule has 0 bridgehead atoms. The van der Waals surface area contributed by atoms with Gasteiger partial charge in [0.2, 0.25) is 15.9 Å². The number of hydrogen-bond donors (Lipinski definition) is 0. The van der Waals surface area contributed by atoms with Crippen LogP contribution in [0.15, 0.2) is 57.9 Å². The van der Waals surface area contributed by atoms with E-state index in [2.05, 4.69) is 15.9 Å². The Morgan fingerprint density at radius 3 is 2.29 bits per heavy atom. The number of nitro groups is 1. The third-order valence-corrected chi connectivity index (χ3v) is 7.29. The summed E-state index contributed by atoms with van der Waals surface area (Å²) in [5.74, 6) is -0.0883. The first-order valence-electron chi connectivity index (χ1n) is 8.55. The molecule has 10 heteroatoms. The number of piperazine rings is 1. The maximum Gasteiger partial charge on any atom is 0.289 e. The predicted molar refractivity (Wildman–Crippen MR) is 106 cm³/mol. The third-order valence-electron chi connectivity index (χ3n) is 4.57. The van der Waals surface area contributed by atoms with E-state index in [0.29, 0.717) is 0 Å². The van der Waals surface area contributed by atoms with Crippen LogP contribution in [0.5, 0.6) is 0 Å². The van der Waals surface area contributed by atoms with Gasteiger partial charge in [-0.3, -0.25) is 14.9 Å². The van der Waals surface area contributed by atoms with E-state index in [1.165, 1.54) is 28.6 Å². The summed E-state index contributed by atoms with van der Waals surface area (Å²) in [6, 6.07) is 12.7. The van der Waals surface area contributed by atoms with Crippen LogP contribution in [0, 0.1) is 10.1 Å². The molecule has 0 atom stereocenters. The van der Waals surface area contributed by atoms with E-state index in [9.17, 15) is 23.3 Å². The van der Waals surface area contributed by atoms with Crippen molar-refractivity contribution < 1.29 is 18.1 Å². The quantitative estimate of drug-likeness (QED) is 0.496. The number of nitro benzene ring substituents is 1. The Balaban J connectivity index is 1.69. The van der Waals surface area contributed by atoms with Crippen molar-refractivity contribution in [2.75, 3.05) is 26.2 Å². The first-order chi connectivity index (χ1) is 13.3. The number of rotatable bonds is 5. The van der Waals surface area contributed by atoms with Crippen molar-refractivity contribution >= 4 is 37.5 Å². The van der Waals surface area contributed by atoms with Gasteiger partial charge in [-0.05, 0) is 17.7 Å². The predicted octanol–water partition coefficient (Wildman–Crippen LogP) is 2.43. The highest BCUT2D eigenvalue weighted by molar-refractivity contribution is 9.10. The summed E-state index contributed by atoms with van der Waals surface area (Å²) in [5, 5.41) is 11.2. The van der Waals surface area contributed by atoms with Crippen LogP contribution in [0.25, 0.3) is 0 Å². The summed E-state index contributed by atoms with van der Waals surface area (Å²) < 4.78 is 27.7. The molecule has 0 N–H and O–H groups in total. The molecule has 1 aliphatic heterocycles. The summed E-state index contributed by atoms with van der Waals surface area (Å²) in [5.41, 5.74) is 0.414. The molecule has 1 fully saturated rings. The van der Waals surface area contributed by atoms with Gasteiger partial charge in [-0.2, -0.15) is 4.31 Å². The van der Waals surface area contributed by atoms with Gasteiger partial charge in [-0.15, -0.1) is 0 Å². The van der Waals surface area contributed by atoms with Crippen molar-refractivity contribution in [1.29, 1.82) is 0 Å². The Bertz CT molecular complexity index is 1000. The standard InChI is InChI=1S/C18H18BrN3O5S/c19-15-6-2-1-5-14(15)13-18(23)20-9-11-21(12-10-20)28(26,27)17-8-4-3-7-16(17)22(24)25/h1-8H,9-13H2. The van der Waals surface area contributed by atoms with Crippen molar-refractivity contribution in [3.63, 3.8) is 0 Å². The highest BCUT2D eigenvalue weighted by Crippen LogP contribution is 2.27. The maximum atomic E-state index is 12.8. The number of carbonyl (C=O) groups excluding carboxylic acids is 1. The van der Waals surface area contributed by atoms with Crippen LogP contribution in [0.1, 0.15) is 5.56 Å². The van der Waals surface area contributed by atoms with Gasteiger partial charge in [0.05, 0.1) is 11.3 Å². The summed E-state index contributed by atoms with van der Waals surface area (Å²) >= 11 is 3.42. The summed E-state index contributed by atoms with van der Waals surface area (Å²) in [7, 11) is -4.01. The van der Waals surface area contributed by atoms with Gasteiger partial charge < -0.3 is 4.90 Å². The number of para-hydroxylation sites is 1. The number of benzene rings is 2. The van der Waals surface area contributed by atoms with Crippen molar-refractivity contribution in [1.82, 2.24) is 9.21 Å². The number of hydrogen-bond acceptors (Lipinski definition) is 5. The van der Waals surface area contributed by atoms with Gasteiger partial charge >= 0.3 is 0 Å². The fourth-order valence-corrected chi connectivity index (χ4v) is 5.06. The van der Waals surface area contributed by atoms with Gasteiger partial charge in [0, 0.05) is 36.7 Å². The lowest BCUT2D eigenvalue weighted by Gasteiger charge is -2.34. The van der Waals surface area contributed by atoms with Crippen LogP contribution in [-0.4, -0.2) is 54.6 Å². The summed E-state index contributed by atoms with van der Waals surface area (Å²) in [6.45, 7) is 0.665. The van der Waals surface area contributed by atoms with Gasteiger partial charge in [-0.1, -0.05) is 46.3 Å². The van der Waals surface area contributed by atoms with Crippen molar-refractivity contribution in [3.05, 3.63) is 68.7 Å². The maximum absolute atomic E-state index is 12.8. The fourth-order valence-electron chi connectivity index (χ4n) is 3.06. The second-order valence-corrected chi connectivity index (χ2v) is 9.04. The Labute approximate surface area is 171 Å². The zero-order valence-electron chi connectivity index (χ0n) is 14.8. The largest absolute Gasteiger partial charge is 0.340 e. The van der Waals surface area contributed by atoms with E-state index in [0.717, 1.165) is 10.0 Å². The Kier molecular flexibility index (Phi) is 6.11. The number of sulfonamides is 1. The van der Waals surface area contributed by atoms with Crippen molar-refractivity contribution in [2.45, 2.75) is 11.3 Å². The number of carbonyl (C=O) groups is 1. The Morgan fingerprint density at radius 2 is 1.64 bits per heavy atom. The van der Waals surface area contributed by atoms with Crippen LogP contribution in [-0.2, 0) is 21.2 Å². The first-order valence-corrected chi connectivity index (χ1v) is 10.8. The van der Waals surface area contributed by atoms with E-state index in [-0.39, 0.29) is 43.4 Å². The molecule has 2 aromatic carbocycles. The minimum atomic E-state index is -4.01. The van der Waals surface area contributed by atoms with E-state index < -0.39 is 20.6 Å². The number of nitrogens with zero attached hydrogens (tertiary/aromatic N) is 3. The molecule has 0 aliphatic carbocycles. The SMILES string of the molecule is O=C(Cc1ccccc1Br)N1CCN(S(=O)(=O)c2ccccc2[N+](=O)[O-])CC1. The number of amides is 1. The van der Waals surface area contributed by atoms with Crippen LogP contribution in [0.2, 0.25) is 0 Å². The molecule has 1 amide bonds. The lowest BCUT2D eigenvalue weighted by atomic mass is 10.1. The normalized spacial score (nSPS) is 15.4. The molecule has 3 rings (SSSR count). The molecular formula is C18H18BrN3O5S. The minimum absolute atomic E-state index is 0.0883. The summed E-state index contributed by atoms with van der Waals surface area (Å²) in [6.07, 6.45) is 0.221. The minimum Gasteiger partial charge on any atom is -0.340 e. The zero-order chi connectivity index (χ0) is 20.3. The lowest BCUT2D eigenvalue weighted by molar-refractivity contribution is -0.387. The molecular weight excluding hydrogens is 450 g/mol. The average molecular weight is 468 g/mol. The van der Waals surface area contributed by atoms with Crippen molar-refractivity contribution in [3.8, 4) is 0 Å². The monoisotopic (exact) mass is 467 g/mol. The van der Waals surface area contributed by atoms with Crippen LogP contribution >= 0.6 is 15.9 Å². The molecule has 2 aromatic rings. The topological polar surface area (TPSA) is 101 Å². The molecule has 148 valence electrons. The second kappa shape index (κ2) is 8.38. The molecule has 28 heavy (non-hydrogen) atoms. The van der Waals surface area contributed by atoms with Gasteiger partial charge in [0.25, 0.3) is 5.69 Å². The van der Waals surface area contributed by atoms with Gasteiger partial charge in [0.15, 0.2) is 4.90 Å². The Hall–Kier alpha value is -2.30. The highest BCUT2D eigenvalue weighted by Gasteiger charge is 2.34. The molecule has 0 radical (unpaired) electrons. The van der Waals surface area contributed by atoms with Crippen LogP contribution in [0.4, 0.5) is 5.69 Å². The molecule has 1 heterocycles. The van der Waals surface area contributed by atoms with E-state index >= 15 is 0 Å². The van der Waals surface area contributed by atoms with Gasteiger partial charge in [0.1, 0.15) is 0 Å². The number of halogens is 1. The molecule has 1 saturated heterocycles. The molecule has 8 nitrogen and oxygen atoms in total. The molecule has 0 saturated carbocycles. The van der Waals surface area contributed by atoms with E-state index in [1.54, 1.807) is 4.90 Å². The zero-order valence-corrected chi connectivity index (χ0v) is 17.2. The second-order valence-electron chi connectivity index (χ2n) is 6.28. The fraction of sp³-hybridized carbons (Fsp3) is 0.278. The van der Waals surface area contributed by atoms with Crippen LogP contribution < -0.4 is 0 Å². The van der Waals surface area contributed by atoms with E-state index in [1.807, 2.05) is 24.3 Å². The van der Waals surface area contributed by atoms with Crippen LogP contribution in [0.3, 0.4) is 0 Å². The molecule has 0 spiro atoms. The highest BCUT2D eigenvalue weighted by atomic mass is 79.9. The average Bonchev–Trinajstić information content (AvgIpc) is 2.69. The summed E-state index contributed by atoms with van der Waals surface area (Å²) in [4.78, 5) is 24.3. The molecule has 1 aliphatic rings. The van der Waals surface area contributed by atoms with E-state index in [4.69, 9.17) is 0 Å². The third kappa shape index (κ3) is 4.23. The van der Waals surface area contributed by atoms with Gasteiger partial charge in [-0.25, -0.2) is 8.42 Å². The lowest BCUT2D eigenvalue weighted by Crippen LogP contribution is -2.50. The molecule has 0 aromatic heterocycles. The van der Waals surface area contributed by atoms with Crippen molar-refractivity contribution in [2.24, 2.45) is 0 Å². The Morgan fingerprint density at radius 1 is 1.04 bits per heavy atom.